The van der Waals surface area contributed by atoms with E-state index in [0.717, 1.165) is 25.8 Å². The fraction of sp³-hybridized carbons (Fsp3) is 0.909. The van der Waals surface area contributed by atoms with Crippen molar-refractivity contribution < 1.29 is 9.53 Å². The molecule has 2 fully saturated rings. The third kappa shape index (κ3) is 1.92. The molecule has 1 aliphatic carbocycles. The number of hydrogen-bond acceptors (Lipinski definition) is 2. The number of nitrogens with one attached hydrogen (secondary N) is 1. The SMILES string of the molecule is COC1CCCCC2C(=O)NCC2C1. The van der Waals surface area contributed by atoms with Crippen molar-refractivity contribution in [2.24, 2.45) is 11.8 Å². The quantitative estimate of drug-likeness (QED) is 0.688. The normalized spacial score (nSPS) is 38.4. The van der Waals surface area contributed by atoms with Gasteiger partial charge in [-0.15, -0.1) is 0 Å². The molecule has 1 amide bonds. The Kier molecular flexibility index (Phi) is 3.06. The molecule has 1 saturated heterocycles. The highest BCUT2D eigenvalue weighted by molar-refractivity contribution is 5.81. The van der Waals surface area contributed by atoms with Gasteiger partial charge in [-0.3, -0.25) is 4.79 Å². The molecule has 80 valence electrons. The number of hydrogen-bond donors (Lipinski definition) is 1. The van der Waals surface area contributed by atoms with Crippen LogP contribution in [0.1, 0.15) is 32.1 Å². The Morgan fingerprint density at radius 2 is 2.14 bits per heavy atom. The van der Waals surface area contributed by atoms with Gasteiger partial charge in [-0.05, 0) is 25.2 Å². The van der Waals surface area contributed by atoms with E-state index in [2.05, 4.69) is 5.32 Å². The van der Waals surface area contributed by atoms with Crippen molar-refractivity contribution in [3.63, 3.8) is 0 Å². The molecule has 3 atom stereocenters. The highest BCUT2D eigenvalue weighted by Gasteiger charge is 2.36. The van der Waals surface area contributed by atoms with Gasteiger partial charge in [-0.2, -0.15) is 0 Å². The molecule has 3 nitrogen and oxygen atoms in total. The maximum atomic E-state index is 11.5. The van der Waals surface area contributed by atoms with Crippen LogP contribution < -0.4 is 5.32 Å². The molecule has 1 heterocycles. The molecule has 1 saturated carbocycles. The molecule has 0 spiro atoms. The maximum Gasteiger partial charge on any atom is 0.223 e. The van der Waals surface area contributed by atoms with Crippen LogP contribution in [-0.2, 0) is 9.53 Å². The molecule has 2 rings (SSSR count). The zero-order chi connectivity index (χ0) is 9.97. The minimum atomic E-state index is 0.270. The number of amides is 1. The van der Waals surface area contributed by atoms with E-state index in [-0.39, 0.29) is 11.8 Å². The molecular formula is C11H19NO2. The topological polar surface area (TPSA) is 38.3 Å². The zero-order valence-corrected chi connectivity index (χ0v) is 8.79. The molecule has 3 heteroatoms. The minimum absolute atomic E-state index is 0.270. The van der Waals surface area contributed by atoms with Crippen LogP contribution in [0.25, 0.3) is 0 Å². The molecular weight excluding hydrogens is 178 g/mol. The summed E-state index contributed by atoms with van der Waals surface area (Å²) in [5.74, 6) is 1.06. The van der Waals surface area contributed by atoms with Crippen molar-refractivity contribution in [2.75, 3.05) is 13.7 Å². The molecule has 0 aromatic heterocycles. The molecule has 1 aliphatic heterocycles. The fourth-order valence-corrected chi connectivity index (χ4v) is 2.74. The summed E-state index contributed by atoms with van der Waals surface area (Å²) in [6, 6.07) is 0. The first-order valence-corrected chi connectivity index (χ1v) is 5.61. The second kappa shape index (κ2) is 4.30. The number of ether oxygens (including phenoxy) is 1. The van der Waals surface area contributed by atoms with Gasteiger partial charge < -0.3 is 10.1 Å². The Balaban J connectivity index is 2.01. The van der Waals surface area contributed by atoms with Crippen LogP contribution in [0.4, 0.5) is 0 Å². The molecule has 14 heavy (non-hydrogen) atoms. The standard InChI is InChI=1S/C11H19NO2/c1-14-9-4-2-3-5-10-8(6-9)7-12-11(10)13/h8-10H,2-7H2,1H3,(H,12,13). The molecule has 2 aliphatic rings. The summed E-state index contributed by atoms with van der Waals surface area (Å²) >= 11 is 0. The van der Waals surface area contributed by atoms with Crippen molar-refractivity contribution in [1.82, 2.24) is 5.32 Å². The van der Waals surface area contributed by atoms with Gasteiger partial charge in [0.1, 0.15) is 0 Å². The molecule has 0 radical (unpaired) electrons. The third-order valence-corrected chi connectivity index (χ3v) is 3.63. The van der Waals surface area contributed by atoms with Crippen LogP contribution in [0.15, 0.2) is 0 Å². The smallest absolute Gasteiger partial charge is 0.223 e. The van der Waals surface area contributed by atoms with Gasteiger partial charge in [0, 0.05) is 19.6 Å². The van der Waals surface area contributed by atoms with Crippen LogP contribution in [0.2, 0.25) is 0 Å². The Labute approximate surface area is 85.2 Å². The van der Waals surface area contributed by atoms with E-state index in [4.69, 9.17) is 4.74 Å². The van der Waals surface area contributed by atoms with Gasteiger partial charge in [0.2, 0.25) is 5.91 Å². The number of methoxy groups -OCH3 is 1. The summed E-state index contributed by atoms with van der Waals surface area (Å²) in [4.78, 5) is 11.5. The van der Waals surface area contributed by atoms with Crippen molar-refractivity contribution >= 4 is 5.91 Å². The van der Waals surface area contributed by atoms with Crippen molar-refractivity contribution in [1.29, 1.82) is 0 Å². The van der Waals surface area contributed by atoms with Crippen LogP contribution in [0.3, 0.4) is 0 Å². The first kappa shape index (κ1) is 9.97. The Hall–Kier alpha value is -0.570. The van der Waals surface area contributed by atoms with Gasteiger partial charge in [-0.1, -0.05) is 12.8 Å². The monoisotopic (exact) mass is 197 g/mol. The summed E-state index contributed by atoms with van der Waals surface area (Å²) in [7, 11) is 1.78. The van der Waals surface area contributed by atoms with Crippen LogP contribution >= 0.6 is 0 Å². The third-order valence-electron chi connectivity index (χ3n) is 3.63. The highest BCUT2D eigenvalue weighted by Crippen LogP contribution is 2.31. The Morgan fingerprint density at radius 3 is 2.93 bits per heavy atom. The lowest BCUT2D eigenvalue weighted by atomic mass is 9.83. The first-order chi connectivity index (χ1) is 6.81. The van der Waals surface area contributed by atoms with Gasteiger partial charge >= 0.3 is 0 Å². The lowest BCUT2D eigenvalue weighted by molar-refractivity contribution is -0.123. The van der Waals surface area contributed by atoms with Crippen molar-refractivity contribution in [3.8, 4) is 0 Å². The van der Waals surface area contributed by atoms with Crippen LogP contribution in [0.5, 0.6) is 0 Å². The number of carbonyl (C=O) groups excluding carboxylic acids is 1. The van der Waals surface area contributed by atoms with E-state index in [0.29, 0.717) is 12.0 Å². The van der Waals surface area contributed by atoms with Gasteiger partial charge in [0.25, 0.3) is 0 Å². The van der Waals surface area contributed by atoms with Gasteiger partial charge in [0.15, 0.2) is 0 Å². The average Bonchev–Trinajstić information content (AvgIpc) is 2.46. The predicted molar refractivity (Wildman–Crippen MR) is 53.9 cm³/mol. The summed E-state index contributed by atoms with van der Waals surface area (Å²) in [6.07, 6.45) is 6.04. The lowest BCUT2D eigenvalue weighted by Crippen LogP contribution is -2.25. The van der Waals surface area contributed by atoms with Crippen molar-refractivity contribution in [2.45, 2.75) is 38.2 Å². The fourth-order valence-electron chi connectivity index (χ4n) is 2.74. The van der Waals surface area contributed by atoms with Crippen LogP contribution in [-0.4, -0.2) is 25.7 Å². The molecule has 3 unspecified atom stereocenters. The van der Waals surface area contributed by atoms with Gasteiger partial charge in [-0.25, -0.2) is 0 Å². The largest absolute Gasteiger partial charge is 0.381 e. The molecule has 0 aromatic carbocycles. The molecule has 0 aromatic rings. The summed E-state index contributed by atoms with van der Waals surface area (Å²) in [6.45, 7) is 0.864. The van der Waals surface area contributed by atoms with E-state index in [1.165, 1.54) is 12.8 Å². The van der Waals surface area contributed by atoms with Crippen molar-refractivity contribution in [3.05, 3.63) is 0 Å². The highest BCUT2D eigenvalue weighted by atomic mass is 16.5. The number of carbonyl (C=O) groups is 1. The van der Waals surface area contributed by atoms with E-state index in [1.807, 2.05) is 0 Å². The summed E-state index contributed by atoms with van der Waals surface area (Å²) < 4.78 is 5.43. The minimum Gasteiger partial charge on any atom is -0.381 e. The summed E-state index contributed by atoms with van der Waals surface area (Å²) in [5, 5.41) is 2.97. The van der Waals surface area contributed by atoms with E-state index < -0.39 is 0 Å². The average molecular weight is 197 g/mol. The number of fused-ring (bicyclic) bond motifs is 1. The van der Waals surface area contributed by atoms with Gasteiger partial charge in [0.05, 0.1) is 6.10 Å². The van der Waals surface area contributed by atoms with E-state index in [9.17, 15) is 4.79 Å². The first-order valence-electron chi connectivity index (χ1n) is 5.61. The molecule has 0 bridgehead atoms. The second-order valence-corrected chi connectivity index (χ2v) is 4.49. The van der Waals surface area contributed by atoms with Crippen LogP contribution in [0, 0.1) is 11.8 Å². The maximum absolute atomic E-state index is 11.5. The number of rotatable bonds is 1. The summed E-state index contributed by atoms with van der Waals surface area (Å²) in [5.41, 5.74) is 0. The zero-order valence-electron chi connectivity index (χ0n) is 8.79. The van der Waals surface area contributed by atoms with E-state index >= 15 is 0 Å². The predicted octanol–water partition coefficient (Wildman–Crippen LogP) is 1.33. The Morgan fingerprint density at radius 1 is 1.36 bits per heavy atom. The second-order valence-electron chi connectivity index (χ2n) is 4.49. The molecule has 1 N–H and O–H groups in total. The van der Waals surface area contributed by atoms with E-state index in [1.54, 1.807) is 7.11 Å². The lowest BCUT2D eigenvalue weighted by Gasteiger charge is -2.25. The Bertz CT molecular complexity index is 217.